The number of hydrogen-bond acceptors (Lipinski definition) is 3. The second-order valence-corrected chi connectivity index (χ2v) is 6.96. The van der Waals surface area contributed by atoms with Gasteiger partial charge in [-0.05, 0) is 44.0 Å². The average molecular weight is 364 g/mol. The second kappa shape index (κ2) is 7.44. The van der Waals surface area contributed by atoms with Gasteiger partial charge in [-0.3, -0.25) is 19.4 Å². The minimum Gasteiger partial charge on any atom is -0.341 e. The molecule has 1 atom stereocenters. The molecule has 2 heterocycles. The van der Waals surface area contributed by atoms with Gasteiger partial charge in [-0.15, -0.1) is 0 Å². The smallest absolute Gasteiger partial charge is 0.332 e. The third-order valence-corrected chi connectivity index (χ3v) is 5.06. The number of benzene rings is 1. The molecule has 1 aromatic rings. The zero-order valence-corrected chi connectivity index (χ0v) is 15.0. The van der Waals surface area contributed by atoms with E-state index >= 15 is 0 Å². The number of anilines is 1. The van der Waals surface area contributed by atoms with E-state index in [1.807, 2.05) is 0 Å². The highest BCUT2D eigenvalue weighted by atomic mass is 35.5. The molecule has 4 amide bonds. The number of hydrogen-bond donors (Lipinski definition) is 0. The molecule has 2 aliphatic heterocycles. The summed E-state index contributed by atoms with van der Waals surface area (Å²) in [4.78, 5) is 42.0. The molecule has 0 saturated carbocycles. The van der Waals surface area contributed by atoms with Crippen LogP contribution in [-0.4, -0.2) is 53.3 Å². The van der Waals surface area contributed by atoms with Gasteiger partial charge in [0.25, 0.3) is 5.91 Å². The fraction of sp³-hybridized carbons (Fsp3) is 0.500. The van der Waals surface area contributed by atoms with Crippen molar-refractivity contribution in [3.8, 4) is 0 Å². The number of amides is 4. The molecule has 2 aliphatic rings. The van der Waals surface area contributed by atoms with Crippen LogP contribution in [0.5, 0.6) is 0 Å². The van der Waals surface area contributed by atoms with Crippen LogP contribution >= 0.6 is 11.6 Å². The molecule has 0 N–H and O–H groups in total. The van der Waals surface area contributed by atoms with Gasteiger partial charge in [0.15, 0.2) is 0 Å². The first-order valence-electron chi connectivity index (χ1n) is 8.67. The maximum atomic E-state index is 12.7. The van der Waals surface area contributed by atoms with Gasteiger partial charge < -0.3 is 4.90 Å². The van der Waals surface area contributed by atoms with Gasteiger partial charge in [-0.2, -0.15) is 0 Å². The second-order valence-electron chi connectivity index (χ2n) is 6.52. The topological polar surface area (TPSA) is 60.9 Å². The van der Waals surface area contributed by atoms with Gasteiger partial charge in [0.1, 0.15) is 12.6 Å². The number of carbonyl (C=O) groups excluding carboxylic acids is 3. The van der Waals surface area contributed by atoms with E-state index in [9.17, 15) is 14.4 Å². The highest BCUT2D eigenvalue weighted by molar-refractivity contribution is 6.30. The molecular weight excluding hydrogens is 342 g/mol. The Labute approximate surface area is 152 Å². The summed E-state index contributed by atoms with van der Waals surface area (Å²) in [6.45, 7) is 2.88. The number of likely N-dealkylation sites (tertiary alicyclic amines) is 1. The minimum atomic E-state index is -0.634. The lowest BCUT2D eigenvalue weighted by atomic mass is 10.2. The van der Waals surface area contributed by atoms with E-state index in [1.165, 1.54) is 4.90 Å². The van der Waals surface area contributed by atoms with Gasteiger partial charge in [0.2, 0.25) is 5.91 Å². The third kappa shape index (κ3) is 3.63. The molecule has 2 fully saturated rings. The van der Waals surface area contributed by atoms with Crippen LogP contribution < -0.4 is 4.90 Å². The summed E-state index contributed by atoms with van der Waals surface area (Å²) in [6.07, 6.45) is 4.18. The highest BCUT2D eigenvalue weighted by Crippen LogP contribution is 2.27. The fourth-order valence-corrected chi connectivity index (χ4v) is 3.49. The van der Waals surface area contributed by atoms with Crippen molar-refractivity contribution in [3.63, 3.8) is 0 Å². The van der Waals surface area contributed by atoms with Gasteiger partial charge in [0.05, 0.1) is 0 Å². The molecule has 6 nitrogen and oxygen atoms in total. The summed E-state index contributed by atoms with van der Waals surface area (Å²) >= 11 is 5.89. The molecule has 0 bridgehead atoms. The maximum Gasteiger partial charge on any atom is 0.332 e. The van der Waals surface area contributed by atoms with Crippen molar-refractivity contribution in [3.05, 3.63) is 29.3 Å². The van der Waals surface area contributed by atoms with Crippen molar-refractivity contribution in [2.75, 3.05) is 24.5 Å². The Bertz CT molecular complexity index is 669. The molecule has 2 saturated heterocycles. The Kier molecular flexibility index (Phi) is 5.27. The first kappa shape index (κ1) is 17.7. The Morgan fingerprint density at radius 2 is 1.68 bits per heavy atom. The van der Waals surface area contributed by atoms with Crippen LogP contribution in [0.1, 0.15) is 32.6 Å². The standard InChI is InChI=1S/C18H22ClN3O3/c1-13-17(24)21(12-16(23)20-10-4-2-3-5-11-20)18(25)22(13)15-8-6-14(19)7-9-15/h6-9,13H,2-5,10-12H2,1H3/t13-/m0/s1. The largest absolute Gasteiger partial charge is 0.341 e. The Morgan fingerprint density at radius 1 is 1.08 bits per heavy atom. The molecule has 0 aliphatic carbocycles. The predicted octanol–water partition coefficient (Wildman–Crippen LogP) is 2.90. The zero-order chi connectivity index (χ0) is 18.0. The van der Waals surface area contributed by atoms with Crippen molar-refractivity contribution >= 4 is 35.1 Å². The number of imide groups is 1. The van der Waals surface area contributed by atoms with E-state index in [-0.39, 0.29) is 18.4 Å². The molecular formula is C18H22ClN3O3. The normalized spacial score (nSPS) is 21.7. The van der Waals surface area contributed by atoms with Crippen LogP contribution in [0.2, 0.25) is 5.02 Å². The Hall–Kier alpha value is -2.08. The molecule has 134 valence electrons. The molecule has 0 unspecified atom stereocenters. The summed E-state index contributed by atoms with van der Waals surface area (Å²) in [5.41, 5.74) is 0.597. The van der Waals surface area contributed by atoms with Crippen LogP contribution in [0.4, 0.5) is 10.5 Å². The Morgan fingerprint density at radius 3 is 2.28 bits per heavy atom. The van der Waals surface area contributed by atoms with Gasteiger partial charge >= 0.3 is 6.03 Å². The lowest BCUT2D eigenvalue weighted by molar-refractivity contribution is -0.137. The monoisotopic (exact) mass is 363 g/mol. The summed E-state index contributed by atoms with van der Waals surface area (Å²) in [6, 6.07) is 5.65. The number of carbonyl (C=O) groups is 3. The van der Waals surface area contributed by atoms with Crippen molar-refractivity contribution < 1.29 is 14.4 Å². The van der Waals surface area contributed by atoms with Crippen LogP contribution in [0.25, 0.3) is 0 Å². The van der Waals surface area contributed by atoms with Crippen LogP contribution in [-0.2, 0) is 9.59 Å². The summed E-state index contributed by atoms with van der Waals surface area (Å²) < 4.78 is 0. The van der Waals surface area contributed by atoms with E-state index in [0.717, 1.165) is 30.6 Å². The van der Waals surface area contributed by atoms with E-state index in [0.29, 0.717) is 23.8 Å². The van der Waals surface area contributed by atoms with Crippen molar-refractivity contribution in [1.29, 1.82) is 0 Å². The zero-order valence-electron chi connectivity index (χ0n) is 14.3. The van der Waals surface area contributed by atoms with Gasteiger partial charge in [-0.1, -0.05) is 24.4 Å². The van der Waals surface area contributed by atoms with Crippen LogP contribution in [0.15, 0.2) is 24.3 Å². The fourth-order valence-electron chi connectivity index (χ4n) is 3.36. The third-order valence-electron chi connectivity index (χ3n) is 4.80. The Balaban J connectivity index is 1.73. The average Bonchev–Trinajstić information content (AvgIpc) is 2.83. The van der Waals surface area contributed by atoms with E-state index in [4.69, 9.17) is 11.6 Å². The highest BCUT2D eigenvalue weighted by Gasteiger charge is 2.44. The van der Waals surface area contributed by atoms with E-state index in [2.05, 4.69) is 0 Å². The number of halogens is 1. The van der Waals surface area contributed by atoms with Gasteiger partial charge in [-0.25, -0.2) is 4.79 Å². The predicted molar refractivity (Wildman–Crippen MR) is 95.6 cm³/mol. The van der Waals surface area contributed by atoms with Crippen molar-refractivity contribution in [1.82, 2.24) is 9.80 Å². The number of urea groups is 1. The molecule has 25 heavy (non-hydrogen) atoms. The SMILES string of the molecule is C[C@H]1C(=O)N(CC(=O)N2CCCCCC2)C(=O)N1c1ccc(Cl)cc1. The maximum absolute atomic E-state index is 12.7. The van der Waals surface area contributed by atoms with Crippen LogP contribution in [0, 0.1) is 0 Å². The molecule has 3 rings (SSSR count). The molecule has 1 aromatic carbocycles. The number of rotatable bonds is 3. The summed E-state index contributed by atoms with van der Waals surface area (Å²) in [7, 11) is 0. The molecule has 0 radical (unpaired) electrons. The summed E-state index contributed by atoms with van der Waals surface area (Å²) in [5, 5.41) is 0.558. The lowest BCUT2D eigenvalue weighted by Crippen LogP contribution is -2.43. The first-order valence-corrected chi connectivity index (χ1v) is 9.05. The molecule has 7 heteroatoms. The van der Waals surface area contributed by atoms with Crippen molar-refractivity contribution in [2.45, 2.75) is 38.6 Å². The summed E-state index contributed by atoms with van der Waals surface area (Å²) in [5.74, 6) is -0.503. The van der Waals surface area contributed by atoms with Gasteiger partial charge in [0, 0.05) is 23.8 Å². The minimum absolute atomic E-state index is 0.159. The lowest BCUT2D eigenvalue weighted by Gasteiger charge is -2.23. The van der Waals surface area contributed by atoms with Crippen LogP contribution in [0.3, 0.4) is 0 Å². The number of nitrogens with zero attached hydrogens (tertiary/aromatic N) is 3. The van der Waals surface area contributed by atoms with E-state index in [1.54, 1.807) is 36.1 Å². The van der Waals surface area contributed by atoms with Crippen molar-refractivity contribution in [2.24, 2.45) is 0 Å². The van der Waals surface area contributed by atoms with E-state index < -0.39 is 12.1 Å². The molecule has 0 spiro atoms. The molecule has 0 aromatic heterocycles. The quantitative estimate of drug-likeness (QED) is 0.776. The first-order chi connectivity index (χ1) is 12.0.